The van der Waals surface area contributed by atoms with Crippen LogP contribution in [0.3, 0.4) is 0 Å². The molecule has 28 heavy (non-hydrogen) atoms. The molecule has 0 saturated carbocycles. The van der Waals surface area contributed by atoms with Gasteiger partial charge in [-0.25, -0.2) is 0 Å². The van der Waals surface area contributed by atoms with Crippen molar-refractivity contribution >= 4 is 29.5 Å². The zero-order valence-corrected chi connectivity index (χ0v) is 18.0. The number of nitrogens with zero attached hydrogens (tertiary/aromatic N) is 1. The number of aliphatic hydroxyl groups excluding tert-OH is 1. The molecule has 3 rings (SSSR count). The Morgan fingerprint density at radius 2 is 2.07 bits per heavy atom. The minimum absolute atomic E-state index is 0.0302. The molecule has 2 N–H and O–H groups in total. The number of carbonyl (C=O) groups excluding carboxylic acids is 3. The van der Waals surface area contributed by atoms with Crippen molar-refractivity contribution < 1.29 is 24.2 Å². The molecule has 3 saturated heterocycles. The second-order valence-electron chi connectivity index (χ2n) is 8.61. The van der Waals surface area contributed by atoms with Crippen molar-refractivity contribution in [1.82, 2.24) is 10.2 Å². The van der Waals surface area contributed by atoms with Crippen LogP contribution in [0.25, 0.3) is 0 Å². The van der Waals surface area contributed by atoms with Crippen molar-refractivity contribution in [1.29, 1.82) is 0 Å². The van der Waals surface area contributed by atoms with Crippen LogP contribution in [0.5, 0.6) is 0 Å². The van der Waals surface area contributed by atoms with E-state index in [1.54, 1.807) is 23.6 Å². The fourth-order valence-corrected chi connectivity index (χ4v) is 7.66. The molecule has 1 spiro atoms. The number of aliphatic hydroxyl groups is 1. The number of carbonyl (C=O) groups is 3. The summed E-state index contributed by atoms with van der Waals surface area (Å²) < 4.78 is 4.38. The van der Waals surface area contributed by atoms with E-state index in [4.69, 9.17) is 9.84 Å². The molecule has 7 nitrogen and oxygen atoms in total. The van der Waals surface area contributed by atoms with Crippen molar-refractivity contribution in [2.24, 2.45) is 11.8 Å². The number of amides is 2. The van der Waals surface area contributed by atoms with Gasteiger partial charge >= 0.3 is 5.97 Å². The number of likely N-dealkylation sites (tertiary alicyclic amines) is 1. The van der Waals surface area contributed by atoms with Gasteiger partial charge in [0.25, 0.3) is 0 Å². The molecular formula is C20H32N2O5S. The van der Waals surface area contributed by atoms with E-state index in [9.17, 15) is 14.4 Å². The third kappa shape index (κ3) is 3.22. The molecule has 3 aliphatic heterocycles. The number of rotatable bonds is 8. The van der Waals surface area contributed by atoms with Gasteiger partial charge in [-0.3, -0.25) is 14.4 Å². The van der Waals surface area contributed by atoms with Crippen molar-refractivity contribution in [3.63, 3.8) is 0 Å². The molecular weight excluding hydrogens is 380 g/mol. The first-order valence-electron chi connectivity index (χ1n) is 10.3. The SMILES string of the molecule is CCOC(=O)[C@H]1[C@H]2C(=O)N(CCCCO)C(C(=O)NC(C)C)C23CC[C@]1(C)S3. The number of fused-ring (bicyclic) bond motifs is 1. The fraction of sp³-hybridized carbons (Fsp3) is 0.850. The summed E-state index contributed by atoms with van der Waals surface area (Å²) in [7, 11) is 0. The highest BCUT2D eigenvalue weighted by Crippen LogP contribution is 2.71. The van der Waals surface area contributed by atoms with Gasteiger partial charge in [-0.2, -0.15) is 0 Å². The Morgan fingerprint density at radius 1 is 1.36 bits per heavy atom. The van der Waals surface area contributed by atoms with E-state index >= 15 is 0 Å². The Hall–Kier alpha value is -1.28. The molecule has 0 radical (unpaired) electrons. The zero-order valence-electron chi connectivity index (χ0n) is 17.2. The second kappa shape index (κ2) is 7.86. The Kier molecular flexibility index (Phi) is 6.01. The summed E-state index contributed by atoms with van der Waals surface area (Å²) in [6.07, 6.45) is 2.74. The summed E-state index contributed by atoms with van der Waals surface area (Å²) in [6, 6.07) is -0.616. The van der Waals surface area contributed by atoms with Crippen LogP contribution in [0.4, 0.5) is 0 Å². The molecule has 3 aliphatic rings. The summed E-state index contributed by atoms with van der Waals surface area (Å²) >= 11 is 1.65. The minimum Gasteiger partial charge on any atom is -0.466 e. The number of thioether (sulfide) groups is 1. The number of esters is 1. The van der Waals surface area contributed by atoms with Gasteiger partial charge in [0, 0.05) is 23.9 Å². The quantitative estimate of drug-likeness (QED) is 0.461. The molecule has 0 aliphatic carbocycles. The lowest BCUT2D eigenvalue weighted by molar-refractivity contribution is -0.155. The molecule has 2 amide bonds. The van der Waals surface area contributed by atoms with E-state index in [2.05, 4.69) is 5.32 Å². The van der Waals surface area contributed by atoms with Crippen LogP contribution in [-0.2, 0) is 19.1 Å². The van der Waals surface area contributed by atoms with E-state index in [0.29, 0.717) is 19.4 Å². The molecule has 0 aromatic carbocycles. The Morgan fingerprint density at radius 3 is 2.68 bits per heavy atom. The van der Waals surface area contributed by atoms with Gasteiger partial charge in [0.05, 0.1) is 23.2 Å². The topological polar surface area (TPSA) is 95.9 Å². The smallest absolute Gasteiger partial charge is 0.311 e. The van der Waals surface area contributed by atoms with Gasteiger partial charge < -0.3 is 20.1 Å². The Labute approximate surface area is 170 Å². The van der Waals surface area contributed by atoms with E-state index in [-0.39, 0.29) is 41.8 Å². The van der Waals surface area contributed by atoms with Crippen molar-refractivity contribution in [2.45, 2.75) is 75.0 Å². The van der Waals surface area contributed by atoms with Gasteiger partial charge in [0.15, 0.2) is 0 Å². The van der Waals surface area contributed by atoms with Crippen molar-refractivity contribution in [3.8, 4) is 0 Å². The number of hydrogen-bond donors (Lipinski definition) is 2. The van der Waals surface area contributed by atoms with Crippen LogP contribution in [0, 0.1) is 11.8 Å². The Bertz CT molecular complexity index is 657. The molecule has 158 valence electrons. The van der Waals surface area contributed by atoms with E-state index in [1.807, 2.05) is 20.8 Å². The maximum Gasteiger partial charge on any atom is 0.311 e. The highest BCUT2D eigenvalue weighted by atomic mass is 32.2. The highest BCUT2D eigenvalue weighted by molar-refractivity contribution is 8.02. The molecule has 5 atom stereocenters. The molecule has 3 fully saturated rings. The summed E-state index contributed by atoms with van der Waals surface area (Å²) in [5.41, 5.74) is 0. The average Bonchev–Trinajstić information content (AvgIpc) is 3.16. The van der Waals surface area contributed by atoms with Crippen LogP contribution < -0.4 is 5.32 Å². The van der Waals surface area contributed by atoms with Gasteiger partial charge in [-0.15, -0.1) is 11.8 Å². The van der Waals surface area contributed by atoms with Crippen LogP contribution in [-0.4, -0.2) is 69.1 Å². The minimum atomic E-state index is -0.586. The lowest BCUT2D eigenvalue weighted by Gasteiger charge is -2.34. The summed E-state index contributed by atoms with van der Waals surface area (Å²) in [5.74, 6) is -1.62. The van der Waals surface area contributed by atoms with Crippen LogP contribution in [0.15, 0.2) is 0 Å². The van der Waals surface area contributed by atoms with Crippen LogP contribution >= 0.6 is 11.8 Å². The number of unbranched alkanes of at least 4 members (excludes halogenated alkanes) is 1. The molecule has 2 bridgehead atoms. The van der Waals surface area contributed by atoms with Crippen LogP contribution in [0.1, 0.15) is 53.4 Å². The van der Waals surface area contributed by atoms with E-state index < -0.39 is 22.6 Å². The molecule has 0 aromatic rings. The second-order valence-corrected chi connectivity index (χ2v) is 10.5. The molecule has 0 aromatic heterocycles. The first-order valence-corrected chi connectivity index (χ1v) is 11.1. The lowest BCUT2D eigenvalue weighted by atomic mass is 9.66. The molecule has 8 heteroatoms. The monoisotopic (exact) mass is 412 g/mol. The molecule has 3 heterocycles. The third-order valence-electron chi connectivity index (χ3n) is 6.30. The van der Waals surface area contributed by atoms with Gasteiger partial charge in [-0.05, 0) is 53.4 Å². The maximum absolute atomic E-state index is 13.5. The standard InChI is InChI=1S/C20H32N2O5S/c1-5-27-18(26)14-13-17(25)22(10-6-7-11-23)15(16(24)21-12(2)3)20(13)9-8-19(14,4)28-20/h12-15,23H,5-11H2,1-4H3,(H,21,24)/t13-,14+,15?,19-,20?/m0/s1. The first kappa shape index (κ1) is 21.4. The van der Waals surface area contributed by atoms with Gasteiger partial charge in [-0.1, -0.05) is 0 Å². The zero-order chi connectivity index (χ0) is 20.7. The summed E-state index contributed by atoms with van der Waals surface area (Å²) in [6.45, 7) is 8.36. The summed E-state index contributed by atoms with van der Waals surface area (Å²) in [5, 5.41) is 12.1. The number of nitrogens with one attached hydrogen (secondary N) is 1. The highest BCUT2D eigenvalue weighted by Gasteiger charge is 2.77. The number of hydrogen-bond acceptors (Lipinski definition) is 6. The van der Waals surface area contributed by atoms with E-state index in [0.717, 1.165) is 12.8 Å². The van der Waals surface area contributed by atoms with Crippen molar-refractivity contribution in [3.05, 3.63) is 0 Å². The summed E-state index contributed by atoms with van der Waals surface area (Å²) in [4.78, 5) is 41.2. The van der Waals surface area contributed by atoms with Gasteiger partial charge in [0.1, 0.15) is 6.04 Å². The third-order valence-corrected chi connectivity index (χ3v) is 8.29. The fourth-order valence-electron chi connectivity index (χ4n) is 5.31. The predicted octanol–water partition coefficient (Wildman–Crippen LogP) is 1.33. The Balaban J connectivity index is 1.99. The van der Waals surface area contributed by atoms with Gasteiger partial charge in [0.2, 0.25) is 11.8 Å². The van der Waals surface area contributed by atoms with Crippen molar-refractivity contribution in [2.75, 3.05) is 19.8 Å². The normalized spacial score (nSPS) is 36.1. The largest absolute Gasteiger partial charge is 0.466 e. The number of ether oxygens (including phenoxy) is 1. The molecule has 2 unspecified atom stereocenters. The van der Waals surface area contributed by atoms with Crippen LogP contribution in [0.2, 0.25) is 0 Å². The average molecular weight is 413 g/mol. The lowest BCUT2D eigenvalue weighted by Crippen LogP contribution is -2.54. The van der Waals surface area contributed by atoms with E-state index in [1.165, 1.54) is 0 Å². The first-order chi connectivity index (χ1) is 13.2. The maximum atomic E-state index is 13.5. The predicted molar refractivity (Wildman–Crippen MR) is 107 cm³/mol.